The quantitative estimate of drug-likeness (QED) is 0.387. The first kappa shape index (κ1) is 14.0. The molecule has 4 aromatic carbocycles. The summed E-state index contributed by atoms with van der Waals surface area (Å²) in [5, 5.41) is 12.9. The smallest absolute Gasteiger partial charge is 0.0758 e. The van der Waals surface area contributed by atoms with E-state index >= 15 is 0 Å². The zero-order valence-corrected chi connectivity index (χ0v) is 14.2. The molecule has 0 unspecified atom stereocenters. The van der Waals surface area contributed by atoms with E-state index in [-0.39, 0.29) is 12.1 Å². The van der Waals surface area contributed by atoms with Crippen molar-refractivity contribution in [1.29, 1.82) is 0 Å². The van der Waals surface area contributed by atoms with Gasteiger partial charge in [0.05, 0.1) is 23.5 Å². The second-order valence-corrected chi connectivity index (χ2v) is 7.12. The molecule has 1 aliphatic heterocycles. The number of anilines is 2. The van der Waals surface area contributed by atoms with Gasteiger partial charge in [0.25, 0.3) is 0 Å². The van der Waals surface area contributed by atoms with Gasteiger partial charge in [-0.3, -0.25) is 0 Å². The Kier molecular flexibility index (Phi) is 2.75. The van der Waals surface area contributed by atoms with Crippen LogP contribution in [0.2, 0.25) is 0 Å². The molecule has 2 nitrogen and oxygen atoms in total. The summed E-state index contributed by atoms with van der Waals surface area (Å²) < 4.78 is 0. The molecule has 2 N–H and O–H groups in total. The maximum atomic E-state index is 3.88. The summed E-state index contributed by atoms with van der Waals surface area (Å²) in [5.74, 6) is 0. The van der Waals surface area contributed by atoms with Crippen molar-refractivity contribution < 1.29 is 0 Å². The van der Waals surface area contributed by atoms with Gasteiger partial charge in [-0.2, -0.15) is 0 Å². The zero-order valence-electron chi connectivity index (χ0n) is 14.2. The molecule has 0 saturated carbocycles. The number of benzene rings is 4. The fourth-order valence-corrected chi connectivity index (χ4v) is 4.52. The van der Waals surface area contributed by atoms with Gasteiger partial charge >= 0.3 is 0 Å². The molecule has 2 atom stereocenters. The number of hydrogen-bond acceptors (Lipinski definition) is 2. The van der Waals surface area contributed by atoms with Gasteiger partial charge < -0.3 is 10.6 Å². The first-order chi connectivity index (χ1) is 12.9. The molecule has 0 spiro atoms. The van der Waals surface area contributed by atoms with Crippen LogP contribution in [0.4, 0.5) is 11.4 Å². The van der Waals surface area contributed by atoms with E-state index in [9.17, 15) is 0 Å². The number of hydrogen-bond donors (Lipinski definition) is 2. The third-order valence-corrected chi connectivity index (χ3v) is 5.72. The van der Waals surface area contributed by atoms with Crippen LogP contribution in [-0.2, 0) is 0 Å². The van der Waals surface area contributed by atoms with Gasteiger partial charge in [0.1, 0.15) is 0 Å². The van der Waals surface area contributed by atoms with Crippen LogP contribution in [0.3, 0.4) is 0 Å². The minimum Gasteiger partial charge on any atom is -0.374 e. The van der Waals surface area contributed by atoms with E-state index in [2.05, 4.69) is 95.6 Å². The fraction of sp³-hybridized carbons (Fsp3) is 0.0833. The lowest BCUT2D eigenvalue weighted by Crippen LogP contribution is -2.37. The maximum absolute atomic E-state index is 3.88. The minimum atomic E-state index is 0.244. The standard InChI is InChI=1S/C24H18N2/c1-2-8-16-15(7-1)13-14-21-22(16)26-24-20-12-6-4-10-18(20)17-9-3-5-11-19(17)23(24)25-21/h1-14,21-22,25-26H/t21-,22+/m0/s1. The van der Waals surface area contributed by atoms with Crippen molar-refractivity contribution in [3.8, 4) is 0 Å². The van der Waals surface area contributed by atoms with E-state index in [1.54, 1.807) is 0 Å². The Bertz CT molecular complexity index is 1210. The first-order valence-corrected chi connectivity index (χ1v) is 9.14. The predicted octanol–water partition coefficient (Wildman–Crippen LogP) is 5.97. The van der Waals surface area contributed by atoms with E-state index in [1.165, 1.54) is 44.0 Å². The third kappa shape index (κ3) is 1.81. The largest absolute Gasteiger partial charge is 0.374 e. The molecule has 2 heteroatoms. The lowest BCUT2D eigenvalue weighted by Gasteiger charge is -2.39. The second kappa shape index (κ2) is 5.12. The molecular weight excluding hydrogens is 316 g/mol. The van der Waals surface area contributed by atoms with Crippen LogP contribution >= 0.6 is 0 Å². The highest BCUT2D eigenvalue weighted by Crippen LogP contribution is 2.47. The first-order valence-electron chi connectivity index (χ1n) is 9.14. The topological polar surface area (TPSA) is 24.1 Å². The van der Waals surface area contributed by atoms with Crippen molar-refractivity contribution in [2.45, 2.75) is 12.1 Å². The van der Waals surface area contributed by atoms with Gasteiger partial charge in [0, 0.05) is 10.8 Å². The summed E-state index contributed by atoms with van der Waals surface area (Å²) in [6.45, 7) is 0. The van der Waals surface area contributed by atoms with E-state index < -0.39 is 0 Å². The molecule has 4 aromatic rings. The number of rotatable bonds is 0. The van der Waals surface area contributed by atoms with Gasteiger partial charge in [0.2, 0.25) is 0 Å². The molecular formula is C24H18N2. The summed E-state index contributed by atoms with van der Waals surface area (Å²) in [6, 6.07) is 26.5. The molecule has 1 aliphatic carbocycles. The van der Waals surface area contributed by atoms with Crippen molar-refractivity contribution in [2.75, 3.05) is 10.6 Å². The normalized spacial score (nSPS) is 20.0. The van der Waals surface area contributed by atoms with Crippen LogP contribution in [0.25, 0.3) is 27.6 Å². The molecule has 6 rings (SSSR count). The Morgan fingerprint density at radius 3 is 1.88 bits per heavy atom. The summed E-state index contributed by atoms with van der Waals surface area (Å²) in [6.07, 6.45) is 4.52. The fourth-order valence-electron chi connectivity index (χ4n) is 4.52. The monoisotopic (exact) mass is 334 g/mol. The van der Waals surface area contributed by atoms with E-state index in [1.807, 2.05) is 0 Å². The lowest BCUT2D eigenvalue weighted by atomic mass is 9.86. The van der Waals surface area contributed by atoms with Gasteiger partial charge in [-0.25, -0.2) is 0 Å². The number of nitrogens with one attached hydrogen (secondary N) is 2. The maximum Gasteiger partial charge on any atom is 0.0758 e. The molecule has 0 fully saturated rings. The van der Waals surface area contributed by atoms with Crippen molar-refractivity contribution >= 4 is 39.0 Å². The molecule has 0 saturated heterocycles. The van der Waals surface area contributed by atoms with Crippen molar-refractivity contribution in [3.63, 3.8) is 0 Å². The van der Waals surface area contributed by atoms with Crippen LogP contribution < -0.4 is 10.6 Å². The highest BCUT2D eigenvalue weighted by Gasteiger charge is 2.32. The van der Waals surface area contributed by atoms with Crippen molar-refractivity contribution in [2.24, 2.45) is 0 Å². The minimum absolute atomic E-state index is 0.244. The van der Waals surface area contributed by atoms with Crippen molar-refractivity contribution in [3.05, 3.63) is 90.0 Å². The SMILES string of the molecule is C1=C[C@@H]2Nc3c(c4ccccc4c4ccccc34)N[C@@H]2c2ccccc21. The third-order valence-electron chi connectivity index (χ3n) is 5.72. The Labute approximate surface area is 152 Å². The molecule has 0 radical (unpaired) electrons. The Morgan fingerprint density at radius 2 is 1.15 bits per heavy atom. The zero-order chi connectivity index (χ0) is 17.1. The van der Waals surface area contributed by atoms with Crippen LogP contribution in [0.15, 0.2) is 78.9 Å². The van der Waals surface area contributed by atoms with Crippen LogP contribution in [-0.4, -0.2) is 6.04 Å². The van der Waals surface area contributed by atoms with Gasteiger partial charge in [-0.05, 0) is 21.9 Å². The van der Waals surface area contributed by atoms with E-state index in [4.69, 9.17) is 0 Å². The summed E-state index contributed by atoms with van der Waals surface area (Å²) in [4.78, 5) is 0. The lowest BCUT2D eigenvalue weighted by molar-refractivity contribution is 0.695. The Balaban J connectivity index is 1.66. The highest BCUT2D eigenvalue weighted by atomic mass is 15.1. The van der Waals surface area contributed by atoms with Crippen LogP contribution in [0.5, 0.6) is 0 Å². The average molecular weight is 334 g/mol. The average Bonchev–Trinajstić information content (AvgIpc) is 2.73. The van der Waals surface area contributed by atoms with Crippen LogP contribution in [0, 0.1) is 0 Å². The molecule has 2 aliphatic rings. The van der Waals surface area contributed by atoms with Crippen molar-refractivity contribution in [1.82, 2.24) is 0 Å². The van der Waals surface area contributed by atoms with Gasteiger partial charge in [0.15, 0.2) is 0 Å². The molecule has 0 aromatic heterocycles. The second-order valence-electron chi connectivity index (χ2n) is 7.12. The summed E-state index contributed by atoms with van der Waals surface area (Å²) >= 11 is 0. The molecule has 0 amide bonds. The van der Waals surface area contributed by atoms with Crippen LogP contribution in [0.1, 0.15) is 17.2 Å². The molecule has 0 bridgehead atoms. The summed E-state index contributed by atoms with van der Waals surface area (Å²) in [5.41, 5.74) is 5.09. The molecule has 1 heterocycles. The highest BCUT2D eigenvalue weighted by molar-refractivity contribution is 6.20. The molecule has 124 valence electrons. The van der Waals surface area contributed by atoms with E-state index in [0.29, 0.717) is 0 Å². The number of fused-ring (bicyclic) bond motifs is 9. The van der Waals surface area contributed by atoms with E-state index in [0.717, 1.165) is 0 Å². The molecule has 26 heavy (non-hydrogen) atoms. The van der Waals surface area contributed by atoms with Gasteiger partial charge in [-0.1, -0.05) is 84.9 Å². The Morgan fingerprint density at radius 1 is 0.577 bits per heavy atom. The summed E-state index contributed by atoms with van der Waals surface area (Å²) in [7, 11) is 0. The predicted molar refractivity (Wildman–Crippen MR) is 111 cm³/mol. The van der Waals surface area contributed by atoms with Gasteiger partial charge in [-0.15, -0.1) is 0 Å². The Hall–Kier alpha value is -3.26.